The highest BCUT2D eigenvalue weighted by molar-refractivity contribution is 8.67. The Bertz CT molecular complexity index is 613. The molecule has 100 valence electrons. The van der Waals surface area contributed by atoms with E-state index in [2.05, 4.69) is 4.74 Å². The predicted molar refractivity (Wildman–Crippen MR) is 64.2 cm³/mol. The van der Waals surface area contributed by atoms with Gasteiger partial charge in [0, 0.05) is 0 Å². The van der Waals surface area contributed by atoms with E-state index in [1.165, 1.54) is 24.3 Å². The van der Waals surface area contributed by atoms with Gasteiger partial charge in [0.25, 0.3) is 24.2 Å². The minimum absolute atomic E-state index is 0.0635. The van der Waals surface area contributed by atoms with Gasteiger partial charge in [-0.25, -0.2) is 16.8 Å². The van der Waals surface area contributed by atoms with Crippen molar-refractivity contribution in [2.24, 2.45) is 0 Å². The van der Waals surface area contributed by atoms with Crippen LogP contribution in [0.5, 0.6) is 0 Å². The molecule has 0 saturated carbocycles. The second kappa shape index (κ2) is 5.49. The molecule has 0 radical (unpaired) electrons. The van der Waals surface area contributed by atoms with Crippen LogP contribution in [-0.4, -0.2) is 35.7 Å². The van der Waals surface area contributed by atoms with Crippen molar-refractivity contribution < 1.29 is 26.4 Å². The van der Waals surface area contributed by atoms with Crippen LogP contribution in [0.3, 0.4) is 0 Å². The number of hydrogen-bond donors (Lipinski definition) is 0. The molecule has 1 aromatic rings. The predicted octanol–water partition coefficient (Wildman–Crippen LogP) is 0.272. The molecule has 0 N–H and O–H groups in total. The molecule has 0 fully saturated rings. The Morgan fingerprint density at radius 2 is 1.67 bits per heavy atom. The highest BCUT2D eigenvalue weighted by Gasteiger charge is 2.31. The van der Waals surface area contributed by atoms with Gasteiger partial charge in [-0.15, -0.1) is 0 Å². The van der Waals surface area contributed by atoms with E-state index in [1.807, 2.05) is 0 Å². The Hall–Kier alpha value is -1.41. The van der Waals surface area contributed by atoms with Gasteiger partial charge < -0.3 is 4.74 Å². The molecule has 0 saturated heterocycles. The molecular weight excluding hydrogens is 280 g/mol. The highest BCUT2D eigenvalue weighted by Crippen LogP contribution is 2.18. The van der Waals surface area contributed by atoms with Crippen LogP contribution in [0, 0.1) is 6.92 Å². The summed E-state index contributed by atoms with van der Waals surface area (Å²) in [6, 6.07) is 5.46. The van der Waals surface area contributed by atoms with E-state index in [4.69, 9.17) is 0 Å². The third-order valence-electron chi connectivity index (χ3n) is 2.16. The van der Waals surface area contributed by atoms with E-state index in [0.29, 0.717) is 0 Å². The number of benzene rings is 1. The van der Waals surface area contributed by atoms with Gasteiger partial charge in [-0.2, -0.15) is 0 Å². The second-order valence-electron chi connectivity index (χ2n) is 3.50. The molecule has 0 atom stereocenters. The molecule has 0 heterocycles. The molecule has 1 rings (SSSR count). The van der Waals surface area contributed by atoms with E-state index >= 15 is 0 Å². The summed E-state index contributed by atoms with van der Waals surface area (Å²) in [7, 11) is -8.87. The maximum atomic E-state index is 11.8. The van der Waals surface area contributed by atoms with Crippen LogP contribution < -0.4 is 0 Å². The molecule has 0 aromatic heterocycles. The van der Waals surface area contributed by atoms with Gasteiger partial charge in [-0.3, -0.25) is 4.79 Å². The first-order chi connectivity index (χ1) is 8.31. The summed E-state index contributed by atoms with van der Waals surface area (Å²) in [6.45, 7) is 1.33. The minimum atomic E-state index is -4.46. The Balaban J connectivity index is 3.06. The van der Waals surface area contributed by atoms with E-state index in [0.717, 1.165) is 5.56 Å². The lowest BCUT2D eigenvalue weighted by molar-refractivity contribution is -0.128. The molecule has 0 unspecified atom stereocenters. The average molecular weight is 292 g/mol. The first-order valence-electron chi connectivity index (χ1n) is 4.91. The topological polar surface area (TPSA) is 94.6 Å². The average Bonchev–Trinajstić information content (AvgIpc) is 2.29. The lowest BCUT2D eigenvalue weighted by atomic mass is 10.2. The van der Waals surface area contributed by atoms with E-state index in [-0.39, 0.29) is 11.4 Å². The minimum Gasteiger partial charge on any atom is -0.467 e. The number of ether oxygens (including phenoxy) is 1. The SMILES string of the molecule is Cc1ccc(S(=O)(=O)S(=O)(=O)CCOC=O)cc1. The maximum absolute atomic E-state index is 11.8. The molecule has 0 aliphatic heterocycles. The van der Waals surface area contributed by atoms with Gasteiger partial charge in [0.15, 0.2) is 0 Å². The van der Waals surface area contributed by atoms with Gasteiger partial charge in [0.05, 0.1) is 10.6 Å². The zero-order valence-electron chi connectivity index (χ0n) is 9.57. The van der Waals surface area contributed by atoms with Gasteiger partial charge >= 0.3 is 0 Å². The Labute approximate surface area is 105 Å². The van der Waals surface area contributed by atoms with Crippen LogP contribution in [-0.2, 0) is 27.3 Å². The fourth-order valence-electron chi connectivity index (χ4n) is 1.16. The van der Waals surface area contributed by atoms with Crippen molar-refractivity contribution in [2.45, 2.75) is 11.8 Å². The lowest BCUT2D eigenvalue weighted by Gasteiger charge is -2.05. The van der Waals surface area contributed by atoms with Crippen LogP contribution >= 0.6 is 0 Å². The summed E-state index contributed by atoms with van der Waals surface area (Å²) < 4.78 is 51.1. The monoisotopic (exact) mass is 292 g/mol. The summed E-state index contributed by atoms with van der Waals surface area (Å²) in [4.78, 5) is 9.59. The van der Waals surface area contributed by atoms with Crippen LogP contribution in [0.4, 0.5) is 0 Å². The lowest BCUT2D eigenvalue weighted by Crippen LogP contribution is -2.22. The van der Waals surface area contributed by atoms with Crippen LogP contribution in [0.1, 0.15) is 5.56 Å². The third-order valence-corrected chi connectivity index (χ3v) is 7.43. The second-order valence-corrected chi connectivity index (χ2v) is 9.24. The molecular formula is C10H12O6S2. The number of carbonyl (C=O) groups excluding carboxylic acids is 1. The van der Waals surface area contributed by atoms with Crippen molar-refractivity contribution >= 4 is 24.2 Å². The molecule has 6 nitrogen and oxygen atoms in total. The van der Waals surface area contributed by atoms with Crippen LogP contribution in [0.25, 0.3) is 0 Å². The molecule has 0 spiro atoms. The maximum Gasteiger partial charge on any atom is 0.293 e. The zero-order valence-corrected chi connectivity index (χ0v) is 11.2. The molecule has 8 heteroatoms. The number of carbonyl (C=O) groups is 1. The van der Waals surface area contributed by atoms with Gasteiger partial charge in [0.2, 0.25) is 0 Å². The van der Waals surface area contributed by atoms with E-state index in [9.17, 15) is 21.6 Å². The summed E-state index contributed by atoms with van der Waals surface area (Å²) in [5.74, 6) is -0.762. The first kappa shape index (κ1) is 14.7. The molecule has 18 heavy (non-hydrogen) atoms. The fourth-order valence-corrected chi connectivity index (χ4v) is 4.52. The van der Waals surface area contributed by atoms with E-state index in [1.54, 1.807) is 6.92 Å². The van der Waals surface area contributed by atoms with Crippen molar-refractivity contribution in [2.75, 3.05) is 12.4 Å². The van der Waals surface area contributed by atoms with Crippen LogP contribution in [0.15, 0.2) is 29.2 Å². The van der Waals surface area contributed by atoms with Crippen molar-refractivity contribution in [3.63, 3.8) is 0 Å². The summed E-state index contributed by atoms with van der Waals surface area (Å²) in [5.41, 5.74) is 0.815. The smallest absolute Gasteiger partial charge is 0.293 e. The molecule has 1 aromatic carbocycles. The Morgan fingerprint density at radius 3 is 2.17 bits per heavy atom. The molecule has 0 aliphatic rings. The Kier molecular flexibility index (Phi) is 4.47. The Morgan fingerprint density at radius 1 is 1.11 bits per heavy atom. The molecule has 0 amide bonds. The van der Waals surface area contributed by atoms with Gasteiger partial charge in [0.1, 0.15) is 6.61 Å². The number of hydrogen-bond acceptors (Lipinski definition) is 6. The first-order valence-corrected chi connectivity index (χ1v) is 8.56. The fraction of sp³-hybridized carbons (Fsp3) is 0.300. The number of aryl methyl sites for hydroxylation is 1. The van der Waals surface area contributed by atoms with Crippen LogP contribution in [0.2, 0.25) is 0 Å². The zero-order chi connectivity index (χ0) is 13.8. The van der Waals surface area contributed by atoms with E-state index < -0.39 is 30.1 Å². The number of rotatable bonds is 6. The van der Waals surface area contributed by atoms with Crippen molar-refractivity contribution in [3.05, 3.63) is 29.8 Å². The molecule has 0 bridgehead atoms. The van der Waals surface area contributed by atoms with Crippen molar-refractivity contribution in [1.29, 1.82) is 0 Å². The highest BCUT2D eigenvalue weighted by atomic mass is 33.2. The third kappa shape index (κ3) is 3.08. The quantitative estimate of drug-likeness (QED) is 0.424. The van der Waals surface area contributed by atoms with Gasteiger partial charge in [-0.1, -0.05) is 17.7 Å². The largest absolute Gasteiger partial charge is 0.467 e. The summed E-state index contributed by atoms with van der Waals surface area (Å²) in [5, 5.41) is 0. The van der Waals surface area contributed by atoms with Gasteiger partial charge in [-0.05, 0) is 19.1 Å². The standard InChI is InChI=1S/C10H12O6S2/c1-9-2-4-10(5-3-9)18(14,15)17(12,13)7-6-16-8-11/h2-5,8H,6-7H2,1H3. The summed E-state index contributed by atoms with van der Waals surface area (Å²) in [6.07, 6.45) is 0. The van der Waals surface area contributed by atoms with Crippen molar-refractivity contribution in [3.8, 4) is 0 Å². The van der Waals surface area contributed by atoms with Crippen molar-refractivity contribution in [1.82, 2.24) is 0 Å². The summed E-state index contributed by atoms with van der Waals surface area (Å²) >= 11 is 0. The molecule has 0 aliphatic carbocycles. The normalized spacial score (nSPS) is 12.1.